The molecular formula is C16H12N2O2. The van der Waals surface area contributed by atoms with Crippen LogP contribution in [-0.2, 0) is 0 Å². The van der Waals surface area contributed by atoms with Crippen LogP contribution >= 0.6 is 0 Å². The Kier molecular flexibility index (Phi) is 2.91. The van der Waals surface area contributed by atoms with Gasteiger partial charge in [-0.3, -0.25) is 9.59 Å². The Balaban J connectivity index is 2.12. The van der Waals surface area contributed by atoms with Gasteiger partial charge in [0.15, 0.2) is 5.78 Å². The van der Waals surface area contributed by atoms with Gasteiger partial charge in [0.25, 0.3) is 5.56 Å². The Morgan fingerprint density at radius 3 is 2.55 bits per heavy atom. The summed E-state index contributed by atoms with van der Waals surface area (Å²) in [5.41, 5.74) is 2.58. The zero-order chi connectivity index (χ0) is 14.1. The maximum atomic E-state index is 12.3. The Morgan fingerprint density at radius 2 is 1.80 bits per heavy atom. The van der Waals surface area contributed by atoms with Gasteiger partial charge < -0.3 is 4.98 Å². The number of aryl methyl sites for hydroxylation is 1. The van der Waals surface area contributed by atoms with E-state index < -0.39 is 0 Å². The monoisotopic (exact) mass is 264 g/mol. The first kappa shape index (κ1) is 12.3. The van der Waals surface area contributed by atoms with Gasteiger partial charge in [-0.1, -0.05) is 30.3 Å². The normalized spacial score (nSPS) is 10.7. The Bertz CT molecular complexity index is 851. The van der Waals surface area contributed by atoms with Crippen LogP contribution in [-0.4, -0.2) is 15.8 Å². The van der Waals surface area contributed by atoms with Crippen molar-refractivity contribution in [1.82, 2.24) is 9.97 Å². The van der Waals surface area contributed by atoms with E-state index in [2.05, 4.69) is 9.97 Å². The third-order valence-electron chi connectivity index (χ3n) is 3.16. The van der Waals surface area contributed by atoms with Crippen molar-refractivity contribution in [3.05, 3.63) is 75.7 Å². The number of H-pyrrole nitrogens is 1. The molecule has 4 heteroatoms. The average Bonchev–Trinajstić information content (AvgIpc) is 2.48. The van der Waals surface area contributed by atoms with E-state index in [1.807, 2.05) is 18.2 Å². The van der Waals surface area contributed by atoms with Gasteiger partial charge in [-0.25, -0.2) is 4.98 Å². The van der Waals surface area contributed by atoms with E-state index in [1.54, 1.807) is 37.3 Å². The van der Waals surface area contributed by atoms with Crippen LogP contribution in [0.15, 0.2) is 53.3 Å². The summed E-state index contributed by atoms with van der Waals surface area (Å²) < 4.78 is 0. The van der Waals surface area contributed by atoms with Gasteiger partial charge in [0.2, 0.25) is 0 Å². The summed E-state index contributed by atoms with van der Waals surface area (Å²) in [7, 11) is 0. The molecular weight excluding hydrogens is 252 g/mol. The van der Waals surface area contributed by atoms with E-state index in [0.29, 0.717) is 27.9 Å². The van der Waals surface area contributed by atoms with E-state index in [0.717, 1.165) is 0 Å². The molecule has 0 radical (unpaired) electrons. The molecule has 0 spiro atoms. The van der Waals surface area contributed by atoms with Crippen molar-refractivity contribution < 1.29 is 4.79 Å². The van der Waals surface area contributed by atoms with Gasteiger partial charge in [0.1, 0.15) is 5.69 Å². The number of ketones is 1. The van der Waals surface area contributed by atoms with Gasteiger partial charge in [0, 0.05) is 11.1 Å². The van der Waals surface area contributed by atoms with Crippen molar-refractivity contribution >= 4 is 16.8 Å². The first-order valence-electron chi connectivity index (χ1n) is 6.25. The molecule has 0 aliphatic heterocycles. The fourth-order valence-corrected chi connectivity index (χ4v) is 2.08. The average molecular weight is 264 g/mol. The van der Waals surface area contributed by atoms with Crippen LogP contribution in [0.4, 0.5) is 0 Å². The minimum atomic E-state index is -0.234. The fourth-order valence-electron chi connectivity index (χ4n) is 2.08. The van der Waals surface area contributed by atoms with Crippen LogP contribution in [0.3, 0.4) is 0 Å². The van der Waals surface area contributed by atoms with Crippen LogP contribution < -0.4 is 5.56 Å². The molecule has 0 aliphatic rings. The number of aromatic nitrogens is 2. The number of nitrogens with zero attached hydrogens (tertiary/aromatic N) is 1. The van der Waals surface area contributed by atoms with Gasteiger partial charge >= 0.3 is 0 Å². The predicted molar refractivity (Wildman–Crippen MR) is 77.0 cm³/mol. The lowest BCUT2D eigenvalue weighted by Crippen LogP contribution is -2.12. The molecule has 98 valence electrons. The molecule has 2 aromatic carbocycles. The van der Waals surface area contributed by atoms with Gasteiger partial charge in [0.05, 0.1) is 11.0 Å². The first-order chi connectivity index (χ1) is 9.65. The summed E-state index contributed by atoms with van der Waals surface area (Å²) in [6, 6.07) is 14.2. The molecule has 0 aliphatic carbocycles. The largest absolute Gasteiger partial charge is 0.319 e. The number of hydrogen-bond acceptors (Lipinski definition) is 3. The highest BCUT2D eigenvalue weighted by Crippen LogP contribution is 2.14. The van der Waals surface area contributed by atoms with Crippen LogP contribution in [0.25, 0.3) is 11.0 Å². The van der Waals surface area contributed by atoms with Crippen molar-refractivity contribution in [3.8, 4) is 0 Å². The third kappa shape index (κ3) is 2.12. The lowest BCUT2D eigenvalue weighted by molar-refractivity contribution is 0.103. The topological polar surface area (TPSA) is 62.8 Å². The summed E-state index contributed by atoms with van der Waals surface area (Å²) in [6.07, 6.45) is 0. The maximum absolute atomic E-state index is 12.3. The molecule has 1 aromatic heterocycles. The highest BCUT2D eigenvalue weighted by molar-refractivity contribution is 6.10. The second-order valence-electron chi connectivity index (χ2n) is 4.58. The van der Waals surface area contributed by atoms with Crippen LogP contribution in [0.1, 0.15) is 21.6 Å². The van der Waals surface area contributed by atoms with Crippen LogP contribution in [0.2, 0.25) is 0 Å². The maximum Gasteiger partial charge on any atom is 0.269 e. The third-order valence-corrected chi connectivity index (χ3v) is 3.16. The molecule has 0 unspecified atom stereocenters. The molecule has 3 aromatic rings. The molecule has 0 amide bonds. The predicted octanol–water partition coefficient (Wildman–Crippen LogP) is 2.46. The van der Waals surface area contributed by atoms with Crippen molar-refractivity contribution in [2.45, 2.75) is 6.92 Å². The molecule has 0 saturated carbocycles. The summed E-state index contributed by atoms with van der Waals surface area (Å²) in [6.45, 7) is 1.65. The Hall–Kier alpha value is -2.75. The van der Waals surface area contributed by atoms with E-state index in [4.69, 9.17) is 0 Å². The lowest BCUT2D eigenvalue weighted by Gasteiger charge is -2.03. The minimum Gasteiger partial charge on any atom is -0.319 e. The van der Waals surface area contributed by atoms with Crippen molar-refractivity contribution in [1.29, 1.82) is 0 Å². The highest BCUT2D eigenvalue weighted by atomic mass is 16.1. The van der Waals surface area contributed by atoms with E-state index in [-0.39, 0.29) is 11.3 Å². The van der Waals surface area contributed by atoms with Crippen LogP contribution in [0, 0.1) is 6.92 Å². The molecule has 3 rings (SSSR count). The molecule has 20 heavy (non-hydrogen) atoms. The number of carbonyl (C=O) groups excluding carboxylic acids is 1. The SMILES string of the molecule is Cc1nc2ccc(C(=O)c3ccccc3)cc2[nH]c1=O. The number of carbonyl (C=O) groups is 1. The highest BCUT2D eigenvalue weighted by Gasteiger charge is 2.10. The lowest BCUT2D eigenvalue weighted by atomic mass is 10.0. The number of aromatic amines is 1. The van der Waals surface area contributed by atoms with E-state index in [1.165, 1.54) is 0 Å². The van der Waals surface area contributed by atoms with Crippen LogP contribution in [0.5, 0.6) is 0 Å². The summed E-state index contributed by atoms with van der Waals surface area (Å²) in [4.78, 5) is 30.8. The molecule has 0 atom stereocenters. The molecule has 0 fully saturated rings. The Morgan fingerprint density at radius 1 is 1.05 bits per heavy atom. The zero-order valence-electron chi connectivity index (χ0n) is 10.9. The molecule has 0 bridgehead atoms. The standard InChI is InChI=1S/C16H12N2O2/c1-10-16(20)18-14-9-12(7-8-13(14)17-10)15(19)11-5-3-2-4-6-11/h2-9H,1H3,(H,18,20). The summed E-state index contributed by atoms with van der Waals surface area (Å²) in [5, 5.41) is 0. The molecule has 0 saturated heterocycles. The van der Waals surface area contributed by atoms with E-state index >= 15 is 0 Å². The number of benzene rings is 2. The van der Waals surface area contributed by atoms with Crippen molar-refractivity contribution in [2.24, 2.45) is 0 Å². The van der Waals surface area contributed by atoms with Crippen molar-refractivity contribution in [3.63, 3.8) is 0 Å². The van der Waals surface area contributed by atoms with Gasteiger partial charge in [-0.15, -0.1) is 0 Å². The fraction of sp³-hybridized carbons (Fsp3) is 0.0625. The second kappa shape index (κ2) is 4.74. The molecule has 1 N–H and O–H groups in total. The Labute approximate surface area is 115 Å². The summed E-state index contributed by atoms with van der Waals surface area (Å²) >= 11 is 0. The quantitative estimate of drug-likeness (QED) is 0.723. The van der Waals surface area contributed by atoms with E-state index in [9.17, 15) is 9.59 Å². The van der Waals surface area contributed by atoms with Gasteiger partial charge in [-0.2, -0.15) is 0 Å². The number of fused-ring (bicyclic) bond motifs is 1. The zero-order valence-corrected chi connectivity index (χ0v) is 10.9. The molecule has 4 nitrogen and oxygen atoms in total. The first-order valence-corrected chi connectivity index (χ1v) is 6.25. The summed E-state index contributed by atoms with van der Waals surface area (Å²) in [5.74, 6) is -0.0751. The minimum absolute atomic E-state index is 0.0751. The number of hydrogen-bond donors (Lipinski definition) is 1. The van der Waals surface area contributed by atoms with Crippen molar-refractivity contribution in [2.75, 3.05) is 0 Å². The smallest absolute Gasteiger partial charge is 0.269 e. The second-order valence-corrected chi connectivity index (χ2v) is 4.58. The van der Waals surface area contributed by atoms with Gasteiger partial charge in [-0.05, 0) is 25.1 Å². The molecule has 1 heterocycles. The number of rotatable bonds is 2. The number of nitrogens with one attached hydrogen (secondary N) is 1.